The summed E-state index contributed by atoms with van der Waals surface area (Å²) in [7, 11) is 0. The molecule has 0 bridgehead atoms. The van der Waals surface area contributed by atoms with Gasteiger partial charge in [0.1, 0.15) is 0 Å². The Labute approximate surface area is 160 Å². The maximum Gasteiger partial charge on any atom is 0.191 e. The van der Waals surface area contributed by atoms with Crippen molar-refractivity contribution in [3.05, 3.63) is 0 Å². The van der Waals surface area contributed by atoms with Gasteiger partial charge in [-0.05, 0) is 51.4 Å². The molecule has 1 saturated carbocycles. The molecular formula is C21H40N4O. The molecule has 26 heavy (non-hydrogen) atoms. The number of likely N-dealkylation sites (tertiary alicyclic amines) is 1. The Morgan fingerprint density at radius 3 is 2.65 bits per heavy atom. The van der Waals surface area contributed by atoms with Gasteiger partial charge in [-0.25, -0.2) is 0 Å². The van der Waals surface area contributed by atoms with Crippen LogP contribution in [-0.2, 0) is 4.74 Å². The predicted octanol–water partition coefficient (Wildman–Crippen LogP) is 3.01. The third-order valence-electron chi connectivity index (χ3n) is 6.11. The first-order valence-corrected chi connectivity index (χ1v) is 10.8. The van der Waals surface area contributed by atoms with Crippen molar-refractivity contribution in [1.82, 2.24) is 15.5 Å². The largest absolute Gasteiger partial charge is 0.377 e. The summed E-state index contributed by atoms with van der Waals surface area (Å²) < 4.78 is 6.13. The summed E-state index contributed by atoms with van der Waals surface area (Å²) >= 11 is 0. The SMILES string of the molecule is CCNC(=NCC1CCCOC1C(C)(C)C)NC1CC(C)N(C2CC2)C1. The van der Waals surface area contributed by atoms with Gasteiger partial charge in [-0.15, -0.1) is 0 Å². The van der Waals surface area contributed by atoms with Crippen LogP contribution in [0, 0.1) is 11.3 Å². The highest BCUT2D eigenvalue weighted by Crippen LogP contribution is 2.35. The predicted molar refractivity (Wildman–Crippen MR) is 109 cm³/mol. The van der Waals surface area contributed by atoms with Crippen LogP contribution in [0.2, 0.25) is 0 Å². The molecule has 2 aliphatic heterocycles. The van der Waals surface area contributed by atoms with E-state index in [4.69, 9.17) is 9.73 Å². The maximum absolute atomic E-state index is 6.13. The van der Waals surface area contributed by atoms with Gasteiger partial charge in [0.2, 0.25) is 0 Å². The number of hydrogen-bond donors (Lipinski definition) is 2. The number of ether oxygens (including phenoxy) is 1. The third kappa shape index (κ3) is 5.13. The smallest absolute Gasteiger partial charge is 0.191 e. The number of guanidine groups is 1. The van der Waals surface area contributed by atoms with Crippen LogP contribution in [-0.4, -0.2) is 61.3 Å². The summed E-state index contributed by atoms with van der Waals surface area (Å²) in [6, 6.07) is 2.06. The average molecular weight is 365 g/mol. The number of aliphatic imine (C=N–C) groups is 1. The Morgan fingerprint density at radius 1 is 1.23 bits per heavy atom. The van der Waals surface area contributed by atoms with Crippen molar-refractivity contribution in [1.29, 1.82) is 0 Å². The van der Waals surface area contributed by atoms with Crippen molar-refractivity contribution in [2.24, 2.45) is 16.3 Å². The molecule has 1 aliphatic carbocycles. The topological polar surface area (TPSA) is 48.9 Å². The Morgan fingerprint density at radius 2 is 2.00 bits per heavy atom. The maximum atomic E-state index is 6.13. The number of rotatable bonds is 5. The summed E-state index contributed by atoms with van der Waals surface area (Å²) in [5, 5.41) is 7.17. The minimum absolute atomic E-state index is 0.179. The Kier molecular flexibility index (Phi) is 6.50. The van der Waals surface area contributed by atoms with E-state index < -0.39 is 0 Å². The van der Waals surface area contributed by atoms with Crippen molar-refractivity contribution in [3.63, 3.8) is 0 Å². The van der Waals surface area contributed by atoms with Crippen LogP contribution in [0.4, 0.5) is 0 Å². The van der Waals surface area contributed by atoms with E-state index in [1.165, 1.54) is 25.7 Å². The van der Waals surface area contributed by atoms with E-state index in [-0.39, 0.29) is 5.41 Å². The van der Waals surface area contributed by atoms with Gasteiger partial charge >= 0.3 is 0 Å². The zero-order valence-electron chi connectivity index (χ0n) is 17.6. The lowest BCUT2D eigenvalue weighted by Crippen LogP contribution is -2.46. The molecule has 5 nitrogen and oxygen atoms in total. The highest BCUT2D eigenvalue weighted by Gasteiger charge is 2.39. The van der Waals surface area contributed by atoms with E-state index in [9.17, 15) is 0 Å². The summed E-state index contributed by atoms with van der Waals surface area (Å²) in [4.78, 5) is 7.66. The molecule has 0 radical (unpaired) electrons. The molecule has 0 amide bonds. The van der Waals surface area contributed by atoms with Crippen molar-refractivity contribution < 1.29 is 4.74 Å². The lowest BCUT2D eigenvalue weighted by Gasteiger charge is -2.39. The van der Waals surface area contributed by atoms with Crippen LogP contribution in [0.25, 0.3) is 0 Å². The highest BCUT2D eigenvalue weighted by molar-refractivity contribution is 5.80. The fraction of sp³-hybridized carbons (Fsp3) is 0.952. The first kappa shape index (κ1) is 19.9. The van der Waals surface area contributed by atoms with Gasteiger partial charge in [0, 0.05) is 50.3 Å². The van der Waals surface area contributed by atoms with E-state index in [1.54, 1.807) is 0 Å². The molecule has 150 valence electrons. The van der Waals surface area contributed by atoms with Crippen LogP contribution in [0.5, 0.6) is 0 Å². The number of nitrogens with one attached hydrogen (secondary N) is 2. The first-order chi connectivity index (χ1) is 12.4. The number of hydrogen-bond acceptors (Lipinski definition) is 3. The summed E-state index contributed by atoms with van der Waals surface area (Å²) in [5.74, 6) is 1.50. The molecule has 3 rings (SSSR count). The second-order valence-electron chi connectivity index (χ2n) is 9.63. The Hall–Kier alpha value is -0.810. The van der Waals surface area contributed by atoms with Crippen molar-refractivity contribution >= 4 is 5.96 Å². The van der Waals surface area contributed by atoms with Crippen LogP contribution in [0.1, 0.15) is 66.7 Å². The molecule has 2 N–H and O–H groups in total. The van der Waals surface area contributed by atoms with Gasteiger partial charge in [-0.1, -0.05) is 20.8 Å². The minimum Gasteiger partial charge on any atom is -0.377 e. The zero-order chi connectivity index (χ0) is 18.7. The molecule has 4 atom stereocenters. The molecule has 4 unspecified atom stereocenters. The monoisotopic (exact) mass is 364 g/mol. The van der Waals surface area contributed by atoms with Crippen LogP contribution >= 0.6 is 0 Å². The van der Waals surface area contributed by atoms with E-state index >= 15 is 0 Å². The Balaban J connectivity index is 1.58. The molecule has 0 aromatic rings. The van der Waals surface area contributed by atoms with Crippen LogP contribution in [0.15, 0.2) is 4.99 Å². The lowest BCUT2D eigenvalue weighted by atomic mass is 9.78. The van der Waals surface area contributed by atoms with Crippen molar-refractivity contribution in [2.45, 2.75) is 91.0 Å². The van der Waals surface area contributed by atoms with Gasteiger partial charge in [-0.3, -0.25) is 9.89 Å². The first-order valence-electron chi connectivity index (χ1n) is 10.8. The van der Waals surface area contributed by atoms with Crippen molar-refractivity contribution in [2.75, 3.05) is 26.2 Å². The number of nitrogens with zero attached hydrogens (tertiary/aromatic N) is 2. The van der Waals surface area contributed by atoms with Gasteiger partial charge in [-0.2, -0.15) is 0 Å². The fourth-order valence-corrected chi connectivity index (χ4v) is 4.79. The molecule has 3 aliphatic rings. The van der Waals surface area contributed by atoms with E-state index in [0.29, 0.717) is 24.1 Å². The fourth-order valence-electron chi connectivity index (χ4n) is 4.79. The van der Waals surface area contributed by atoms with Crippen LogP contribution < -0.4 is 10.6 Å². The molecule has 2 saturated heterocycles. The van der Waals surface area contributed by atoms with Gasteiger partial charge < -0.3 is 15.4 Å². The van der Waals surface area contributed by atoms with Crippen LogP contribution in [0.3, 0.4) is 0 Å². The van der Waals surface area contributed by atoms with E-state index in [0.717, 1.165) is 44.7 Å². The molecular weight excluding hydrogens is 324 g/mol. The van der Waals surface area contributed by atoms with Crippen molar-refractivity contribution in [3.8, 4) is 0 Å². The third-order valence-corrected chi connectivity index (χ3v) is 6.11. The highest BCUT2D eigenvalue weighted by atomic mass is 16.5. The summed E-state index contributed by atoms with van der Waals surface area (Å²) in [6.45, 7) is 15.2. The molecule has 0 spiro atoms. The van der Waals surface area contributed by atoms with E-state index in [2.05, 4.69) is 50.2 Å². The molecule has 2 heterocycles. The molecule has 0 aromatic carbocycles. The second kappa shape index (κ2) is 8.47. The molecule has 0 aromatic heterocycles. The lowest BCUT2D eigenvalue weighted by molar-refractivity contribution is -0.0823. The zero-order valence-corrected chi connectivity index (χ0v) is 17.6. The van der Waals surface area contributed by atoms with Gasteiger partial charge in [0.15, 0.2) is 5.96 Å². The minimum atomic E-state index is 0.179. The quantitative estimate of drug-likeness (QED) is 0.582. The second-order valence-corrected chi connectivity index (χ2v) is 9.63. The summed E-state index contributed by atoms with van der Waals surface area (Å²) in [6.07, 6.45) is 6.69. The van der Waals surface area contributed by atoms with Gasteiger partial charge in [0.25, 0.3) is 0 Å². The average Bonchev–Trinajstić information content (AvgIpc) is 3.36. The molecule has 5 heteroatoms. The normalized spacial score (nSPS) is 34.1. The molecule has 3 fully saturated rings. The summed E-state index contributed by atoms with van der Waals surface area (Å²) in [5.41, 5.74) is 0.179. The Bertz CT molecular complexity index is 483. The standard InChI is InChI=1S/C21H40N4O/c1-6-22-20(24-17-12-15(2)25(14-17)18-9-10-18)23-13-16-8-7-11-26-19(16)21(3,4)5/h15-19H,6-14H2,1-5H3,(H2,22,23,24). The van der Waals surface area contributed by atoms with Gasteiger partial charge in [0.05, 0.1) is 6.10 Å². The van der Waals surface area contributed by atoms with E-state index in [1.807, 2.05) is 0 Å².